The van der Waals surface area contributed by atoms with Gasteiger partial charge in [-0.2, -0.15) is 0 Å². The van der Waals surface area contributed by atoms with Gasteiger partial charge in [-0.15, -0.1) is 0 Å². The lowest BCUT2D eigenvalue weighted by molar-refractivity contribution is -0.379. The van der Waals surface area contributed by atoms with E-state index in [1.165, 1.54) is 64.2 Å². The first-order valence-corrected chi connectivity index (χ1v) is 30.7. The molecule has 1 amide bonds. The number of unbranched alkanes of at least 4 members (excludes halogenated alkanes) is 18. The fourth-order valence-electron chi connectivity index (χ4n) is 9.98. The molecule has 0 spiro atoms. The first kappa shape index (κ1) is 72.5. The van der Waals surface area contributed by atoms with E-state index in [1.807, 2.05) is 6.08 Å². The SMILES string of the molecule is CC/C=C\C/C=C\C/C=C\C/C=C\C/C=C\CCCCCCCCCCCC(=O)NC(COC1OC(CO)C(OC2OC(CO)C(OC3OC(CO)C(O)C(O)C3O)C(O)C2O)C(O)C1O)C(O)/C=C/CCCCCCCCCCC. The summed E-state index contributed by atoms with van der Waals surface area (Å²) in [5, 5.41) is 120. The van der Waals surface area contributed by atoms with E-state index >= 15 is 0 Å². The molecule has 12 N–H and O–H groups in total. The van der Waals surface area contributed by atoms with Gasteiger partial charge >= 0.3 is 0 Å². The van der Waals surface area contributed by atoms with E-state index in [0.717, 1.165) is 89.9 Å². The minimum absolute atomic E-state index is 0.232. The molecule has 0 aromatic carbocycles. The average Bonchev–Trinajstić information content (AvgIpc) is 3.51. The van der Waals surface area contributed by atoms with Crippen molar-refractivity contribution in [3.63, 3.8) is 0 Å². The Balaban J connectivity index is 1.45. The monoisotopic (exact) mass is 1150 g/mol. The van der Waals surface area contributed by atoms with Crippen LogP contribution in [0.2, 0.25) is 0 Å². The van der Waals surface area contributed by atoms with Gasteiger partial charge in [-0.1, -0.05) is 183 Å². The highest BCUT2D eigenvalue weighted by molar-refractivity contribution is 5.76. The summed E-state index contributed by atoms with van der Waals surface area (Å²) in [7, 11) is 0. The molecule has 0 bridgehead atoms. The van der Waals surface area contributed by atoms with Gasteiger partial charge in [0, 0.05) is 6.42 Å². The van der Waals surface area contributed by atoms with Crippen LogP contribution in [-0.4, -0.2) is 193 Å². The van der Waals surface area contributed by atoms with Gasteiger partial charge in [0.1, 0.15) is 73.2 Å². The lowest BCUT2D eigenvalue weighted by atomic mass is 9.96. The van der Waals surface area contributed by atoms with Crippen molar-refractivity contribution in [1.29, 1.82) is 0 Å². The second-order valence-corrected chi connectivity index (χ2v) is 21.8. The van der Waals surface area contributed by atoms with Gasteiger partial charge in [-0.25, -0.2) is 0 Å². The molecule has 19 nitrogen and oxygen atoms in total. The number of rotatable bonds is 44. The summed E-state index contributed by atoms with van der Waals surface area (Å²) in [6.45, 7) is 1.56. The highest BCUT2D eigenvalue weighted by Crippen LogP contribution is 2.33. The molecular formula is C62H107NO18. The summed E-state index contributed by atoms with van der Waals surface area (Å²) in [4.78, 5) is 13.3. The smallest absolute Gasteiger partial charge is 0.220 e. The quantitative estimate of drug-likeness (QED) is 0.0253. The van der Waals surface area contributed by atoms with E-state index in [0.29, 0.717) is 6.42 Å². The van der Waals surface area contributed by atoms with Gasteiger partial charge in [0.2, 0.25) is 5.91 Å². The van der Waals surface area contributed by atoms with E-state index in [2.05, 4.69) is 79.9 Å². The fourth-order valence-corrected chi connectivity index (χ4v) is 9.98. The van der Waals surface area contributed by atoms with Crippen molar-refractivity contribution in [2.45, 2.75) is 285 Å². The van der Waals surface area contributed by atoms with Crippen LogP contribution in [0.3, 0.4) is 0 Å². The number of carbonyl (C=O) groups is 1. The van der Waals surface area contributed by atoms with Crippen molar-refractivity contribution in [2.24, 2.45) is 0 Å². The van der Waals surface area contributed by atoms with Crippen LogP contribution < -0.4 is 5.32 Å². The highest BCUT2D eigenvalue weighted by atomic mass is 16.8. The zero-order chi connectivity index (χ0) is 59.0. The molecule has 468 valence electrons. The van der Waals surface area contributed by atoms with Gasteiger partial charge in [-0.3, -0.25) is 4.79 Å². The van der Waals surface area contributed by atoms with Crippen LogP contribution in [0.25, 0.3) is 0 Å². The Morgan fingerprint density at radius 2 is 0.852 bits per heavy atom. The summed E-state index contributed by atoms with van der Waals surface area (Å²) in [6, 6.07) is -0.979. The van der Waals surface area contributed by atoms with E-state index in [4.69, 9.17) is 28.4 Å². The number of allylic oxidation sites excluding steroid dienone is 11. The Morgan fingerprint density at radius 3 is 1.33 bits per heavy atom. The standard InChI is InChI=1S/C62H107NO18/c1-3-5-7-9-11-13-15-16-17-18-19-20-21-22-23-24-25-26-27-28-30-32-34-36-38-40-50(68)63-45(46(67)39-37-35-33-31-29-14-12-10-8-6-4-2)44-76-60-56(74)53(71)58(48(42-65)78-60)81-62-57(75)54(72)59(49(43-66)79-62)80-61-55(73)52(70)51(69)47(41-64)77-61/h5,7,11,13,16-17,19-20,22-23,37,39,45-49,51-62,64-67,69-75H,3-4,6,8-10,12,14-15,18,21,24-36,38,40-44H2,1-2H3,(H,63,68)/b7-5-,13-11-,17-16-,20-19-,23-22-,39-37+. The first-order chi connectivity index (χ1) is 39.3. The van der Waals surface area contributed by atoms with Crippen molar-refractivity contribution in [3.05, 3.63) is 72.9 Å². The fraction of sp³-hybridized carbons (Fsp3) is 0.790. The zero-order valence-corrected chi connectivity index (χ0v) is 48.7. The van der Waals surface area contributed by atoms with Gasteiger partial charge in [0.25, 0.3) is 0 Å². The Labute approximate surface area is 483 Å². The molecule has 0 aromatic heterocycles. The number of nitrogens with one attached hydrogen (secondary N) is 1. The maximum Gasteiger partial charge on any atom is 0.220 e. The first-order valence-electron chi connectivity index (χ1n) is 30.7. The number of ether oxygens (including phenoxy) is 6. The number of hydrogen-bond acceptors (Lipinski definition) is 18. The van der Waals surface area contributed by atoms with Crippen LogP contribution in [0.1, 0.15) is 181 Å². The third-order valence-electron chi connectivity index (χ3n) is 15.0. The summed E-state index contributed by atoms with van der Waals surface area (Å²) in [6.07, 6.45) is 26.0. The molecular weight excluding hydrogens is 1050 g/mol. The molecule has 81 heavy (non-hydrogen) atoms. The van der Waals surface area contributed by atoms with Gasteiger partial charge in [0.05, 0.1) is 38.6 Å². The average molecular weight is 1150 g/mol. The highest BCUT2D eigenvalue weighted by Gasteiger charge is 2.53. The number of carbonyl (C=O) groups excluding carboxylic acids is 1. The van der Waals surface area contributed by atoms with Crippen molar-refractivity contribution < 1.29 is 89.4 Å². The summed E-state index contributed by atoms with van der Waals surface area (Å²) in [5.41, 5.74) is 0. The van der Waals surface area contributed by atoms with Crippen LogP contribution in [0, 0.1) is 0 Å². The van der Waals surface area contributed by atoms with E-state index in [9.17, 15) is 61.0 Å². The molecule has 3 fully saturated rings. The molecule has 3 aliphatic rings. The second kappa shape index (κ2) is 44.7. The molecule has 17 unspecified atom stereocenters. The summed E-state index contributed by atoms with van der Waals surface area (Å²) in [5.74, 6) is -0.287. The molecule has 0 aliphatic carbocycles. The van der Waals surface area contributed by atoms with Gasteiger partial charge in [0.15, 0.2) is 18.9 Å². The second-order valence-electron chi connectivity index (χ2n) is 21.8. The van der Waals surface area contributed by atoms with Crippen molar-refractivity contribution in [1.82, 2.24) is 5.32 Å². The van der Waals surface area contributed by atoms with Crippen molar-refractivity contribution in [3.8, 4) is 0 Å². The van der Waals surface area contributed by atoms with Crippen LogP contribution in [0.4, 0.5) is 0 Å². The molecule has 3 aliphatic heterocycles. The maximum absolute atomic E-state index is 13.3. The minimum atomic E-state index is -1.98. The largest absolute Gasteiger partial charge is 0.394 e. The number of hydrogen-bond donors (Lipinski definition) is 12. The summed E-state index contributed by atoms with van der Waals surface area (Å²) >= 11 is 0. The third kappa shape index (κ3) is 28.3. The topological polar surface area (TPSA) is 307 Å². The number of aliphatic hydroxyl groups excluding tert-OH is 11. The van der Waals surface area contributed by atoms with Crippen molar-refractivity contribution >= 4 is 5.91 Å². The van der Waals surface area contributed by atoms with E-state index in [1.54, 1.807) is 6.08 Å². The van der Waals surface area contributed by atoms with Crippen LogP contribution in [0.15, 0.2) is 72.9 Å². The van der Waals surface area contributed by atoms with Crippen LogP contribution in [-0.2, 0) is 33.2 Å². The molecule has 0 saturated carbocycles. The number of aliphatic hydroxyl groups is 11. The van der Waals surface area contributed by atoms with Crippen LogP contribution in [0.5, 0.6) is 0 Å². The Bertz CT molecular complexity index is 1760. The molecule has 0 aromatic rings. The Hall–Kier alpha value is -2.77. The molecule has 3 heterocycles. The normalized spacial score (nSPS) is 30.3. The van der Waals surface area contributed by atoms with E-state index < -0.39 is 124 Å². The molecule has 17 atom stereocenters. The van der Waals surface area contributed by atoms with Crippen molar-refractivity contribution in [2.75, 3.05) is 26.4 Å². The maximum atomic E-state index is 13.3. The molecule has 19 heteroatoms. The Kier molecular flexibility index (Phi) is 40.0. The van der Waals surface area contributed by atoms with Crippen LogP contribution >= 0.6 is 0 Å². The lowest BCUT2D eigenvalue weighted by Crippen LogP contribution is -2.66. The minimum Gasteiger partial charge on any atom is -0.394 e. The third-order valence-corrected chi connectivity index (χ3v) is 15.0. The predicted octanol–water partition coefficient (Wildman–Crippen LogP) is 5.82. The Morgan fingerprint density at radius 1 is 0.457 bits per heavy atom. The molecule has 3 saturated heterocycles. The summed E-state index contributed by atoms with van der Waals surface area (Å²) < 4.78 is 34.2. The van der Waals surface area contributed by atoms with E-state index in [-0.39, 0.29) is 18.9 Å². The lowest BCUT2D eigenvalue weighted by Gasteiger charge is -2.48. The molecule has 3 rings (SSSR count). The number of amides is 1. The van der Waals surface area contributed by atoms with Gasteiger partial charge < -0.3 is 89.9 Å². The van der Waals surface area contributed by atoms with Gasteiger partial charge in [-0.05, 0) is 64.2 Å². The predicted molar refractivity (Wildman–Crippen MR) is 309 cm³/mol. The zero-order valence-electron chi connectivity index (χ0n) is 48.7. The molecule has 0 radical (unpaired) electrons.